The topological polar surface area (TPSA) is 75.0 Å². The fourth-order valence-electron chi connectivity index (χ4n) is 4.00. The van der Waals surface area contributed by atoms with Crippen LogP contribution in [0.1, 0.15) is 98.8 Å². The van der Waals surface area contributed by atoms with E-state index in [-0.39, 0.29) is 17.9 Å². The first kappa shape index (κ1) is 30.2. The lowest BCUT2D eigenvalue weighted by Crippen LogP contribution is -2.11. The van der Waals surface area contributed by atoms with Gasteiger partial charge in [0.05, 0.1) is 12.0 Å². The number of ether oxygens (including phenoxy) is 3. The first-order chi connectivity index (χ1) is 17.8. The summed E-state index contributed by atoms with van der Waals surface area (Å²) < 4.78 is 22.7. The molecule has 0 bridgehead atoms. The van der Waals surface area contributed by atoms with Crippen molar-refractivity contribution < 1.29 is 23.4 Å². The molecule has 0 amide bonds. The molecule has 0 aliphatic heterocycles. The molecule has 204 valence electrons. The number of unbranched alkanes of at least 4 members (excludes halogenated alkanes) is 7. The summed E-state index contributed by atoms with van der Waals surface area (Å²) in [5.41, 5.74) is 2.16. The Labute approximate surface area is 221 Å². The van der Waals surface area contributed by atoms with Gasteiger partial charge in [0.2, 0.25) is 5.75 Å². The van der Waals surface area contributed by atoms with E-state index in [0.29, 0.717) is 23.5 Å². The molecular weight excluding hydrogens is 468 g/mol. The SMILES string of the molecule is CCCCCCCCCCOc1c(OCC=C(C)CCC=C(C)C)c(=O)oc2cc(OC(C)=O)ccc12. The average Bonchev–Trinajstić information content (AvgIpc) is 2.83. The molecule has 6 heteroatoms. The van der Waals surface area contributed by atoms with Gasteiger partial charge in [-0.3, -0.25) is 4.79 Å². The molecule has 0 atom stereocenters. The Morgan fingerprint density at radius 2 is 1.59 bits per heavy atom. The van der Waals surface area contributed by atoms with Gasteiger partial charge in [-0.15, -0.1) is 0 Å². The van der Waals surface area contributed by atoms with Crippen LogP contribution in [0.4, 0.5) is 0 Å². The van der Waals surface area contributed by atoms with Crippen LogP contribution >= 0.6 is 0 Å². The minimum Gasteiger partial charge on any atom is -0.489 e. The molecule has 37 heavy (non-hydrogen) atoms. The van der Waals surface area contributed by atoms with Crippen molar-refractivity contribution in [2.24, 2.45) is 0 Å². The van der Waals surface area contributed by atoms with Crippen molar-refractivity contribution in [1.82, 2.24) is 0 Å². The number of benzene rings is 1. The second-order valence-electron chi connectivity index (χ2n) is 9.80. The maximum absolute atomic E-state index is 12.9. The van der Waals surface area contributed by atoms with Crippen molar-refractivity contribution in [2.75, 3.05) is 13.2 Å². The molecule has 1 aromatic carbocycles. The standard InChI is InChI=1S/C31H44O6/c1-6-7-8-9-10-11-12-13-20-34-29-27-18-17-26(36-25(5)32)22-28(27)37-31(33)30(29)35-21-19-24(4)16-14-15-23(2)3/h15,17-19,22H,6-14,16,20-21H2,1-5H3. The smallest absolute Gasteiger partial charge is 0.383 e. The predicted octanol–water partition coefficient (Wildman–Crippen LogP) is 8.31. The lowest BCUT2D eigenvalue weighted by atomic mass is 10.1. The molecule has 6 nitrogen and oxygen atoms in total. The predicted molar refractivity (Wildman–Crippen MR) is 150 cm³/mol. The maximum atomic E-state index is 12.9. The van der Waals surface area contributed by atoms with E-state index in [1.807, 2.05) is 6.08 Å². The number of carbonyl (C=O) groups excluding carboxylic acids is 1. The number of carbonyl (C=O) groups is 1. The third-order valence-electron chi connectivity index (χ3n) is 6.05. The summed E-state index contributed by atoms with van der Waals surface area (Å²) in [6, 6.07) is 4.91. The zero-order valence-electron chi connectivity index (χ0n) is 23.3. The second-order valence-corrected chi connectivity index (χ2v) is 9.80. The molecule has 0 N–H and O–H groups in total. The number of allylic oxidation sites excluding steroid dienone is 3. The van der Waals surface area contributed by atoms with Gasteiger partial charge in [-0.25, -0.2) is 4.79 Å². The van der Waals surface area contributed by atoms with E-state index in [1.165, 1.54) is 62.7 Å². The monoisotopic (exact) mass is 512 g/mol. The van der Waals surface area contributed by atoms with E-state index in [1.54, 1.807) is 12.1 Å². The number of hydrogen-bond acceptors (Lipinski definition) is 6. The Morgan fingerprint density at radius 1 is 0.892 bits per heavy atom. The largest absolute Gasteiger partial charge is 0.489 e. The zero-order chi connectivity index (χ0) is 27.0. The summed E-state index contributed by atoms with van der Waals surface area (Å²) >= 11 is 0. The minimum absolute atomic E-state index is 0.0700. The van der Waals surface area contributed by atoms with E-state index in [9.17, 15) is 9.59 Å². The Balaban J connectivity index is 2.13. The quantitative estimate of drug-likeness (QED) is 0.0697. The molecule has 1 aromatic heterocycles. The lowest BCUT2D eigenvalue weighted by Gasteiger charge is -2.14. The van der Waals surface area contributed by atoms with Crippen molar-refractivity contribution in [3.05, 3.63) is 51.9 Å². The summed E-state index contributed by atoms with van der Waals surface area (Å²) in [4.78, 5) is 24.2. The van der Waals surface area contributed by atoms with E-state index >= 15 is 0 Å². The van der Waals surface area contributed by atoms with Gasteiger partial charge < -0.3 is 18.6 Å². The van der Waals surface area contributed by atoms with Crippen LogP contribution in [-0.4, -0.2) is 19.2 Å². The fraction of sp³-hybridized carbons (Fsp3) is 0.548. The first-order valence-electron chi connectivity index (χ1n) is 13.7. The minimum atomic E-state index is -0.617. The molecule has 0 spiro atoms. The van der Waals surface area contributed by atoms with Gasteiger partial charge in [-0.2, -0.15) is 0 Å². The van der Waals surface area contributed by atoms with Crippen LogP contribution in [0.5, 0.6) is 17.2 Å². The highest BCUT2D eigenvalue weighted by Crippen LogP contribution is 2.35. The van der Waals surface area contributed by atoms with Gasteiger partial charge >= 0.3 is 11.6 Å². The van der Waals surface area contributed by atoms with Crippen LogP contribution in [0.15, 0.2) is 50.7 Å². The van der Waals surface area contributed by atoms with Crippen molar-refractivity contribution in [1.29, 1.82) is 0 Å². The molecule has 0 radical (unpaired) electrons. The molecular formula is C31H44O6. The van der Waals surface area contributed by atoms with Crippen LogP contribution in [0.25, 0.3) is 11.0 Å². The summed E-state index contributed by atoms with van der Waals surface area (Å²) in [6.45, 7) is 10.5. The molecule has 0 saturated heterocycles. The van der Waals surface area contributed by atoms with Gasteiger partial charge in [-0.05, 0) is 58.2 Å². The van der Waals surface area contributed by atoms with Gasteiger partial charge in [0.25, 0.3) is 0 Å². The van der Waals surface area contributed by atoms with E-state index in [2.05, 4.69) is 33.8 Å². The van der Waals surface area contributed by atoms with Gasteiger partial charge in [0.15, 0.2) is 5.75 Å². The lowest BCUT2D eigenvalue weighted by molar-refractivity contribution is -0.131. The van der Waals surface area contributed by atoms with Gasteiger partial charge in [-0.1, -0.05) is 69.1 Å². The highest BCUT2D eigenvalue weighted by molar-refractivity contribution is 5.87. The first-order valence-corrected chi connectivity index (χ1v) is 13.7. The fourth-order valence-corrected chi connectivity index (χ4v) is 4.00. The van der Waals surface area contributed by atoms with Crippen molar-refractivity contribution in [2.45, 2.75) is 98.8 Å². The van der Waals surface area contributed by atoms with Crippen LogP contribution in [0.2, 0.25) is 0 Å². The van der Waals surface area contributed by atoms with Crippen LogP contribution < -0.4 is 19.8 Å². The van der Waals surface area contributed by atoms with Gasteiger partial charge in [0, 0.05) is 13.0 Å². The summed E-state index contributed by atoms with van der Waals surface area (Å²) in [7, 11) is 0. The normalized spacial score (nSPS) is 11.4. The van der Waals surface area contributed by atoms with E-state index < -0.39 is 11.6 Å². The third kappa shape index (κ3) is 11.3. The number of esters is 1. The molecule has 0 unspecified atom stereocenters. The summed E-state index contributed by atoms with van der Waals surface area (Å²) in [5, 5.41) is 0.606. The molecule has 0 saturated carbocycles. The molecule has 0 fully saturated rings. The van der Waals surface area contributed by atoms with E-state index in [0.717, 1.165) is 25.7 Å². The number of fused-ring (bicyclic) bond motifs is 1. The Hall–Kier alpha value is -3.02. The average molecular weight is 513 g/mol. The Kier molecular flexibility index (Phi) is 13.6. The molecule has 2 aromatic rings. The van der Waals surface area contributed by atoms with Crippen LogP contribution in [0, 0.1) is 0 Å². The second kappa shape index (κ2) is 16.7. The highest BCUT2D eigenvalue weighted by Gasteiger charge is 2.18. The van der Waals surface area contributed by atoms with Crippen LogP contribution in [-0.2, 0) is 4.79 Å². The summed E-state index contributed by atoms with van der Waals surface area (Å²) in [5.74, 6) is 0.306. The third-order valence-corrected chi connectivity index (χ3v) is 6.05. The molecule has 0 aliphatic rings. The van der Waals surface area contributed by atoms with Crippen molar-refractivity contribution >= 4 is 16.9 Å². The van der Waals surface area contributed by atoms with Gasteiger partial charge in [0.1, 0.15) is 17.9 Å². The molecule has 1 heterocycles. The van der Waals surface area contributed by atoms with Crippen molar-refractivity contribution in [3.63, 3.8) is 0 Å². The number of hydrogen-bond donors (Lipinski definition) is 0. The van der Waals surface area contributed by atoms with E-state index in [4.69, 9.17) is 18.6 Å². The molecule has 2 rings (SSSR count). The molecule has 0 aliphatic carbocycles. The zero-order valence-corrected chi connectivity index (χ0v) is 23.3. The van der Waals surface area contributed by atoms with Crippen molar-refractivity contribution in [3.8, 4) is 17.2 Å². The highest BCUT2D eigenvalue weighted by atomic mass is 16.5. The van der Waals surface area contributed by atoms with Crippen LogP contribution in [0.3, 0.4) is 0 Å². The maximum Gasteiger partial charge on any atom is 0.383 e. The Bertz CT molecular complexity index is 1100. The number of rotatable bonds is 17. The summed E-state index contributed by atoms with van der Waals surface area (Å²) in [6.07, 6.45) is 15.6. The Morgan fingerprint density at radius 3 is 2.27 bits per heavy atom.